The van der Waals surface area contributed by atoms with E-state index in [1.807, 2.05) is 0 Å². The molecule has 1 aliphatic heterocycles. The van der Waals surface area contributed by atoms with E-state index in [4.69, 9.17) is 14.6 Å². The van der Waals surface area contributed by atoms with Crippen molar-refractivity contribution in [2.45, 2.75) is 13.0 Å². The number of carboxylic acids is 1. The van der Waals surface area contributed by atoms with E-state index in [0.717, 1.165) is 5.56 Å². The maximum absolute atomic E-state index is 12.7. The van der Waals surface area contributed by atoms with Gasteiger partial charge < -0.3 is 14.6 Å². The second kappa shape index (κ2) is 5.52. The lowest BCUT2D eigenvalue weighted by Gasteiger charge is -2.07. The molecule has 0 aliphatic carbocycles. The molecule has 0 bridgehead atoms. The van der Waals surface area contributed by atoms with Gasteiger partial charge in [0.25, 0.3) is 0 Å². The van der Waals surface area contributed by atoms with Crippen LogP contribution in [0.25, 0.3) is 0 Å². The first kappa shape index (κ1) is 14.1. The highest BCUT2D eigenvalue weighted by Crippen LogP contribution is 2.31. The topological polar surface area (TPSA) is 72.8 Å². The summed E-state index contributed by atoms with van der Waals surface area (Å²) in [6.07, 6.45) is -0.106. The Morgan fingerprint density at radius 3 is 2.77 bits per heavy atom. The molecule has 2 aromatic carbocycles. The van der Waals surface area contributed by atoms with Gasteiger partial charge in [-0.15, -0.1) is 0 Å². The molecular weight excluding hydrogens is 284 g/mol. The molecule has 0 amide bonds. The fraction of sp³-hybridized carbons (Fsp3) is 0.176. The molecule has 0 saturated carbocycles. The number of carbonyl (C=O) groups is 2. The molecule has 0 atom stereocenters. The molecule has 0 spiro atoms. The van der Waals surface area contributed by atoms with Gasteiger partial charge in [-0.25, -0.2) is 0 Å². The standard InChI is InChI=1S/C17H14O5/c1-21-12-4-3-11-9-22-15-6-10(7-16(18)19)2-5-13(15)17(20)14(11)8-12/h2-6,8H,7,9H2,1H3,(H,18,19). The highest BCUT2D eigenvalue weighted by molar-refractivity contribution is 6.12. The number of methoxy groups -OCH3 is 1. The van der Waals surface area contributed by atoms with E-state index in [9.17, 15) is 9.59 Å². The minimum absolute atomic E-state index is 0.106. The molecule has 1 aliphatic rings. The Kier molecular flexibility index (Phi) is 3.55. The average Bonchev–Trinajstić information content (AvgIpc) is 2.64. The van der Waals surface area contributed by atoms with Gasteiger partial charge in [0.1, 0.15) is 18.1 Å². The van der Waals surface area contributed by atoms with E-state index in [1.54, 1.807) is 43.5 Å². The number of rotatable bonds is 3. The maximum Gasteiger partial charge on any atom is 0.307 e. The number of aliphatic carboxylic acids is 1. The van der Waals surface area contributed by atoms with Crippen LogP contribution in [0.5, 0.6) is 11.5 Å². The number of carboxylic acid groups (broad SMARTS) is 1. The van der Waals surface area contributed by atoms with Crippen LogP contribution in [0, 0.1) is 0 Å². The van der Waals surface area contributed by atoms with E-state index in [1.165, 1.54) is 0 Å². The molecule has 112 valence electrons. The Morgan fingerprint density at radius 1 is 1.23 bits per heavy atom. The van der Waals surface area contributed by atoms with Crippen molar-refractivity contribution in [1.82, 2.24) is 0 Å². The molecule has 1 heterocycles. The Hall–Kier alpha value is -2.82. The largest absolute Gasteiger partial charge is 0.497 e. The van der Waals surface area contributed by atoms with Crippen LogP contribution in [0.15, 0.2) is 36.4 Å². The van der Waals surface area contributed by atoms with Gasteiger partial charge in [-0.05, 0) is 29.8 Å². The van der Waals surface area contributed by atoms with Gasteiger partial charge in [-0.2, -0.15) is 0 Å². The van der Waals surface area contributed by atoms with Crippen LogP contribution < -0.4 is 9.47 Å². The molecule has 0 unspecified atom stereocenters. The van der Waals surface area contributed by atoms with E-state index in [0.29, 0.717) is 28.2 Å². The first-order chi connectivity index (χ1) is 10.6. The minimum atomic E-state index is -0.923. The smallest absolute Gasteiger partial charge is 0.307 e. The third-order valence-electron chi connectivity index (χ3n) is 3.59. The zero-order valence-corrected chi connectivity index (χ0v) is 12.0. The molecule has 0 radical (unpaired) electrons. The molecule has 5 nitrogen and oxygen atoms in total. The predicted octanol–water partition coefficient (Wildman–Crippen LogP) is 2.45. The summed E-state index contributed by atoms with van der Waals surface area (Å²) >= 11 is 0. The van der Waals surface area contributed by atoms with Gasteiger partial charge >= 0.3 is 5.97 Å². The van der Waals surface area contributed by atoms with Crippen LogP contribution >= 0.6 is 0 Å². The van der Waals surface area contributed by atoms with Crippen molar-refractivity contribution in [2.75, 3.05) is 7.11 Å². The zero-order valence-electron chi connectivity index (χ0n) is 12.0. The lowest BCUT2D eigenvalue weighted by atomic mass is 9.97. The van der Waals surface area contributed by atoms with E-state index in [2.05, 4.69) is 0 Å². The molecule has 5 heteroatoms. The van der Waals surface area contributed by atoms with Crippen molar-refractivity contribution < 1.29 is 24.2 Å². The summed E-state index contributed by atoms with van der Waals surface area (Å²) < 4.78 is 10.8. The highest BCUT2D eigenvalue weighted by Gasteiger charge is 2.23. The molecule has 22 heavy (non-hydrogen) atoms. The lowest BCUT2D eigenvalue weighted by Crippen LogP contribution is -2.04. The molecule has 3 rings (SSSR count). The quantitative estimate of drug-likeness (QED) is 0.942. The van der Waals surface area contributed by atoms with Gasteiger partial charge in [0, 0.05) is 11.1 Å². The number of hydrogen-bond acceptors (Lipinski definition) is 4. The third kappa shape index (κ3) is 2.53. The normalized spacial score (nSPS) is 12.7. The van der Waals surface area contributed by atoms with Crippen molar-refractivity contribution in [3.05, 3.63) is 58.7 Å². The zero-order chi connectivity index (χ0) is 15.7. The van der Waals surface area contributed by atoms with Crippen LogP contribution in [-0.4, -0.2) is 24.0 Å². The SMILES string of the molecule is COc1ccc2c(c1)C(=O)c1ccc(CC(=O)O)cc1OC2. The second-order valence-corrected chi connectivity index (χ2v) is 5.04. The van der Waals surface area contributed by atoms with Crippen LogP contribution in [-0.2, 0) is 17.8 Å². The van der Waals surface area contributed by atoms with Gasteiger partial charge in [0.2, 0.25) is 0 Å². The Morgan fingerprint density at radius 2 is 2.05 bits per heavy atom. The summed E-state index contributed by atoms with van der Waals surface area (Å²) in [4.78, 5) is 23.5. The number of ether oxygens (including phenoxy) is 2. The first-order valence-electron chi connectivity index (χ1n) is 6.77. The van der Waals surface area contributed by atoms with Gasteiger partial charge in [0.05, 0.1) is 19.1 Å². The molecular formula is C17H14O5. The lowest BCUT2D eigenvalue weighted by molar-refractivity contribution is -0.136. The van der Waals surface area contributed by atoms with Crippen molar-refractivity contribution >= 4 is 11.8 Å². The third-order valence-corrected chi connectivity index (χ3v) is 3.59. The number of benzene rings is 2. The van der Waals surface area contributed by atoms with Gasteiger partial charge in [-0.1, -0.05) is 12.1 Å². The van der Waals surface area contributed by atoms with Crippen LogP contribution in [0.4, 0.5) is 0 Å². The monoisotopic (exact) mass is 298 g/mol. The maximum atomic E-state index is 12.7. The van der Waals surface area contributed by atoms with Gasteiger partial charge in [-0.3, -0.25) is 9.59 Å². The summed E-state index contributed by atoms with van der Waals surface area (Å²) in [6, 6.07) is 10.1. The summed E-state index contributed by atoms with van der Waals surface area (Å²) in [7, 11) is 1.55. The number of fused-ring (bicyclic) bond motifs is 2. The average molecular weight is 298 g/mol. The Bertz CT molecular complexity index is 764. The fourth-order valence-electron chi connectivity index (χ4n) is 2.48. The first-order valence-corrected chi connectivity index (χ1v) is 6.77. The summed E-state index contributed by atoms with van der Waals surface area (Å²) in [5.74, 6) is -0.0480. The van der Waals surface area contributed by atoms with Gasteiger partial charge in [0.15, 0.2) is 5.78 Å². The van der Waals surface area contributed by atoms with E-state index in [-0.39, 0.29) is 18.8 Å². The second-order valence-electron chi connectivity index (χ2n) is 5.04. The van der Waals surface area contributed by atoms with Crippen molar-refractivity contribution in [3.63, 3.8) is 0 Å². The van der Waals surface area contributed by atoms with Crippen molar-refractivity contribution in [3.8, 4) is 11.5 Å². The molecule has 1 N–H and O–H groups in total. The summed E-state index contributed by atoms with van der Waals surface area (Å²) in [5.41, 5.74) is 2.36. The summed E-state index contributed by atoms with van der Waals surface area (Å²) in [5, 5.41) is 8.86. The van der Waals surface area contributed by atoms with Crippen LogP contribution in [0.1, 0.15) is 27.0 Å². The van der Waals surface area contributed by atoms with Crippen molar-refractivity contribution in [2.24, 2.45) is 0 Å². The molecule has 0 aromatic heterocycles. The summed E-state index contributed by atoms with van der Waals surface area (Å²) in [6.45, 7) is 0.259. The van der Waals surface area contributed by atoms with Crippen LogP contribution in [0.2, 0.25) is 0 Å². The number of hydrogen-bond donors (Lipinski definition) is 1. The fourth-order valence-corrected chi connectivity index (χ4v) is 2.48. The predicted molar refractivity (Wildman–Crippen MR) is 78.5 cm³/mol. The number of ketones is 1. The highest BCUT2D eigenvalue weighted by atomic mass is 16.5. The number of carbonyl (C=O) groups excluding carboxylic acids is 1. The van der Waals surface area contributed by atoms with Crippen LogP contribution in [0.3, 0.4) is 0 Å². The molecule has 2 aromatic rings. The van der Waals surface area contributed by atoms with E-state index >= 15 is 0 Å². The van der Waals surface area contributed by atoms with E-state index < -0.39 is 5.97 Å². The molecule has 0 fully saturated rings. The van der Waals surface area contributed by atoms with Crippen molar-refractivity contribution in [1.29, 1.82) is 0 Å². The molecule has 0 saturated heterocycles. The Labute approximate surface area is 127 Å². The Balaban J connectivity index is 2.04. The minimum Gasteiger partial charge on any atom is -0.497 e.